The fourth-order valence-corrected chi connectivity index (χ4v) is 3.31. The molecule has 1 aromatic carbocycles. The second-order valence-corrected chi connectivity index (χ2v) is 6.39. The van der Waals surface area contributed by atoms with Gasteiger partial charge in [-0.3, -0.25) is 4.79 Å². The number of aromatic nitrogens is 2. The molecule has 132 valence electrons. The number of ether oxygens (including phenoxy) is 2. The maximum absolute atomic E-state index is 12.9. The monoisotopic (exact) mass is 343 g/mol. The summed E-state index contributed by atoms with van der Waals surface area (Å²) < 4.78 is 16.7. The van der Waals surface area contributed by atoms with Gasteiger partial charge in [-0.1, -0.05) is 24.2 Å². The number of likely N-dealkylation sites (tertiary alicyclic amines) is 1. The van der Waals surface area contributed by atoms with Crippen molar-refractivity contribution in [1.82, 2.24) is 15.0 Å². The molecular formula is C18H21N3O4. The molecule has 2 aromatic rings. The largest absolute Gasteiger partial charge is 0.485 e. The van der Waals surface area contributed by atoms with Gasteiger partial charge in [0, 0.05) is 25.4 Å². The number of hydrogen-bond acceptors (Lipinski definition) is 6. The van der Waals surface area contributed by atoms with E-state index >= 15 is 0 Å². The highest BCUT2D eigenvalue weighted by Gasteiger charge is 2.34. The van der Waals surface area contributed by atoms with Crippen LogP contribution in [0.15, 0.2) is 28.8 Å². The Labute approximate surface area is 145 Å². The molecule has 0 N–H and O–H groups in total. The van der Waals surface area contributed by atoms with Crippen LogP contribution in [0, 0.1) is 0 Å². The molecule has 0 bridgehead atoms. The highest BCUT2D eigenvalue weighted by atomic mass is 16.6. The van der Waals surface area contributed by atoms with Gasteiger partial charge in [0.1, 0.15) is 6.61 Å². The van der Waals surface area contributed by atoms with Gasteiger partial charge in [-0.05, 0) is 25.0 Å². The Bertz CT molecular complexity index is 760. The van der Waals surface area contributed by atoms with Gasteiger partial charge < -0.3 is 18.9 Å². The first-order valence-corrected chi connectivity index (χ1v) is 8.74. The van der Waals surface area contributed by atoms with Crippen LogP contribution in [0.3, 0.4) is 0 Å². The third-order valence-electron chi connectivity index (χ3n) is 4.67. The van der Waals surface area contributed by atoms with Crippen LogP contribution in [0.2, 0.25) is 0 Å². The topological polar surface area (TPSA) is 77.7 Å². The quantitative estimate of drug-likeness (QED) is 0.850. The molecule has 1 aromatic heterocycles. The number of benzene rings is 1. The number of carbonyl (C=O) groups is 1. The molecule has 0 aliphatic carbocycles. The van der Waals surface area contributed by atoms with Crippen molar-refractivity contribution in [3.63, 3.8) is 0 Å². The van der Waals surface area contributed by atoms with Crippen molar-refractivity contribution in [3.05, 3.63) is 36.0 Å². The normalized spacial score (nSPS) is 22.7. The molecule has 1 fully saturated rings. The number of rotatable bonds is 3. The standard InChI is InChI=1S/C18H21N3O4/c1-2-16-19-17(20-25-16)12-6-5-9-21(10-12)18(22)15-11-23-13-7-3-4-8-14(13)24-15/h3-4,7-8,12,15H,2,5-6,9-11H2,1H3/t12-,15-/m0/s1. The fraction of sp³-hybridized carbons (Fsp3) is 0.500. The lowest BCUT2D eigenvalue weighted by Crippen LogP contribution is -2.49. The van der Waals surface area contributed by atoms with E-state index in [1.165, 1.54) is 0 Å². The summed E-state index contributed by atoms with van der Waals surface area (Å²) in [5.74, 6) is 2.70. The zero-order valence-corrected chi connectivity index (χ0v) is 14.2. The van der Waals surface area contributed by atoms with Gasteiger partial charge in [-0.15, -0.1) is 0 Å². The van der Waals surface area contributed by atoms with E-state index in [0.717, 1.165) is 25.8 Å². The molecule has 0 saturated carbocycles. The first-order valence-electron chi connectivity index (χ1n) is 8.74. The van der Waals surface area contributed by atoms with Gasteiger partial charge in [0.2, 0.25) is 12.0 Å². The Morgan fingerprint density at radius 2 is 2.16 bits per heavy atom. The summed E-state index contributed by atoms with van der Waals surface area (Å²) in [5.41, 5.74) is 0. The molecule has 7 nitrogen and oxygen atoms in total. The molecule has 25 heavy (non-hydrogen) atoms. The van der Waals surface area contributed by atoms with E-state index in [4.69, 9.17) is 14.0 Å². The second kappa shape index (κ2) is 6.74. The number of aryl methyl sites for hydroxylation is 1. The van der Waals surface area contributed by atoms with E-state index in [1.807, 2.05) is 36.1 Å². The highest BCUT2D eigenvalue weighted by molar-refractivity contribution is 5.82. The number of hydrogen-bond donors (Lipinski definition) is 0. The third-order valence-corrected chi connectivity index (χ3v) is 4.67. The van der Waals surface area contributed by atoms with E-state index in [0.29, 0.717) is 29.8 Å². The molecule has 7 heteroatoms. The molecule has 4 rings (SSSR count). The zero-order valence-electron chi connectivity index (χ0n) is 14.2. The summed E-state index contributed by atoms with van der Waals surface area (Å²) in [6.07, 6.45) is 1.98. The number of piperidine rings is 1. The number of carbonyl (C=O) groups excluding carboxylic acids is 1. The third kappa shape index (κ3) is 3.18. The van der Waals surface area contributed by atoms with Crippen molar-refractivity contribution in [3.8, 4) is 11.5 Å². The Balaban J connectivity index is 1.43. The molecule has 0 radical (unpaired) electrons. The number of nitrogens with zero attached hydrogens (tertiary/aromatic N) is 3. The van der Waals surface area contributed by atoms with Crippen LogP contribution in [-0.2, 0) is 11.2 Å². The SMILES string of the molecule is CCc1nc([C@H]2CCCN(C(=O)[C@@H]3COc4ccccc4O3)C2)no1. The number of amides is 1. The van der Waals surface area contributed by atoms with Gasteiger partial charge in [0.05, 0.1) is 0 Å². The molecular weight excluding hydrogens is 322 g/mol. The van der Waals surface area contributed by atoms with Crippen molar-refractivity contribution in [2.24, 2.45) is 0 Å². The summed E-state index contributed by atoms with van der Waals surface area (Å²) in [7, 11) is 0. The summed E-state index contributed by atoms with van der Waals surface area (Å²) in [6.45, 7) is 3.52. The molecule has 1 amide bonds. The van der Waals surface area contributed by atoms with Crippen LogP contribution < -0.4 is 9.47 Å². The van der Waals surface area contributed by atoms with Crippen LogP contribution in [0.25, 0.3) is 0 Å². The maximum Gasteiger partial charge on any atom is 0.267 e. The van der Waals surface area contributed by atoms with Gasteiger partial charge >= 0.3 is 0 Å². The minimum Gasteiger partial charge on any atom is -0.485 e. The van der Waals surface area contributed by atoms with E-state index in [2.05, 4.69) is 10.1 Å². The minimum atomic E-state index is -0.606. The minimum absolute atomic E-state index is 0.0431. The summed E-state index contributed by atoms with van der Waals surface area (Å²) >= 11 is 0. The average molecular weight is 343 g/mol. The lowest BCUT2D eigenvalue weighted by atomic mass is 9.97. The van der Waals surface area contributed by atoms with Crippen LogP contribution in [0.5, 0.6) is 11.5 Å². The van der Waals surface area contributed by atoms with Gasteiger partial charge in [0.15, 0.2) is 17.3 Å². The average Bonchev–Trinajstić information content (AvgIpc) is 3.16. The molecule has 3 heterocycles. The Morgan fingerprint density at radius 3 is 2.96 bits per heavy atom. The molecule has 2 aliphatic heterocycles. The smallest absolute Gasteiger partial charge is 0.267 e. The van der Waals surface area contributed by atoms with Crippen molar-refractivity contribution in [2.45, 2.75) is 38.2 Å². The predicted octanol–water partition coefficient (Wildman–Crippen LogP) is 2.18. The van der Waals surface area contributed by atoms with E-state index in [1.54, 1.807) is 0 Å². The van der Waals surface area contributed by atoms with Crippen molar-refractivity contribution in [1.29, 1.82) is 0 Å². The summed E-state index contributed by atoms with van der Waals surface area (Å²) in [6, 6.07) is 7.41. The predicted molar refractivity (Wildman–Crippen MR) is 88.6 cm³/mol. The lowest BCUT2D eigenvalue weighted by Gasteiger charge is -2.35. The van der Waals surface area contributed by atoms with Gasteiger partial charge in [-0.2, -0.15) is 4.98 Å². The molecule has 0 spiro atoms. The summed E-state index contributed by atoms with van der Waals surface area (Å²) in [5, 5.41) is 4.07. The van der Waals surface area contributed by atoms with E-state index in [-0.39, 0.29) is 18.4 Å². The maximum atomic E-state index is 12.9. The fourth-order valence-electron chi connectivity index (χ4n) is 3.31. The Kier molecular flexibility index (Phi) is 4.29. The highest BCUT2D eigenvalue weighted by Crippen LogP contribution is 2.32. The van der Waals surface area contributed by atoms with Crippen molar-refractivity contribution in [2.75, 3.05) is 19.7 Å². The number of fused-ring (bicyclic) bond motifs is 1. The van der Waals surface area contributed by atoms with Crippen molar-refractivity contribution >= 4 is 5.91 Å². The number of para-hydroxylation sites is 2. The molecule has 2 aliphatic rings. The van der Waals surface area contributed by atoms with Crippen molar-refractivity contribution < 1.29 is 18.8 Å². The van der Waals surface area contributed by atoms with Crippen LogP contribution in [0.1, 0.15) is 37.4 Å². The molecule has 0 unspecified atom stereocenters. The first-order chi connectivity index (χ1) is 12.2. The van der Waals surface area contributed by atoms with Crippen LogP contribution >= 0.6 is 0 Å². The summed E-state index contributed by atoms with van der Waals surface area (Å²) in [4.78, 5) is 19.1. The zero-order chi connectivity index (χ0) is 17.2. The first kappa shape index (κ1) is 15.9. The second-order valence-electron chi connectivity index (χ2n) is 6.39. The van der Waals surface area contributed by atoms with Crippen LogP contribution in [-0.4, -0.2) is 46.7 Å². The lowest BCUT2D eigenvalue weighted by molar-refractivity contribution is -0.142. The Hall–Kier alpha value is -2.57. The Morgan fingerprint density at radius 1 is 1.32 bits per heavy atom. The van der Waals surface area contributed by atoms with E-state index < -0.39 is 6.10 Å². The molecule has 1 saturated heterocycles. The van der Waals surface area contributed by atoms with Gasteiger partial charge in [0.25, 0.3) is 5.91 Å². The molecule has 2 atom stereocenters. The van der Waals surface area contributed by atoms with Gasteiger partial charge in [-0.25, -0.2) is 0 Å². The van der Waals surface area contributed by atoms with Crippen LogP contribution in [0.4, 0.5) is 0 Å². The van der Waals surface area contributed by atoms with E-state index in [9.17, 15) is 4.79 Å².